The molecule has 0 saturated heterocycles. The monoisotopic (exact) mass is 324 g/mol. The van der Waals surface area contributed by atoms with Crippen LogP contribution in [0.2, 0.25) is 0 Å². The van der Waals surface area contributed by atoms with E-state index in [0.29, 0.717) is 31.6 Å². The van der Waals surface area contributed by atoms with Crippen LogP contribution in [0, 0.1) is 0 Å². The van der Waals surface area contributed by atoms with Crippen LogP contribution in [0.4, 0.5) is 8.78 Å². The van der Waals surface area contributed by atoms with Crippen LogP contribution in [0.1, 0.15) is 72.1 Å². The molecular formula is C16H30F2O2S. The van der Waals surface area contributed by atoms with Crippen molar-refractivity contribution < 1.29 is 18.3 Å². The minimum Gasteiger partial charge on any atom is -0.465 e. The number of hydrogen-bond acceptors (Lipinski definition) is 3. The molecule has 21 heavy (non-hydrogen) atoms. The molecule has 0 amide bonds. The zero-order chi connectivity index (χ0) is 16.1. The first kappa shape index (κ1) is 20.7. The molecular weight excluding hydrogens is 294 g/mol. The lowest BCUT2D eigenvalue weighted by atomic mass is 10.1. The molecule has 0 rings (SSSR count). The largest absolute Gasteiger partial charge is 0.465 e. The number of esters is 1. The fraction of sp³-hybridized carbons (Fsp3) is 0.938. The van der Waals surface area contributed by atoms with Crippen LogP contribution < -0.4 is 0 Å². The maximum atomic E-state index is 13.3. The summed E-state index contributed by atoms with van der Waals surface area (Å²) in [5.41, 5.74) is 0. The Bertz CT molecular complexity index is 273. The molecule has 0 saturated carbocycles. The highest BCUT2D eigenvalue weighted by Gasteiger charge is 2.26. The van der Waals surface area contributed by atoms with Gasteiger partial charge < -0.3 is 4.74 Å². The summed E-state index contributed by atoms with van der Waals surface area (Å²) < 4.78 is 31.7. The number of halogens is 2. The van der Waals surface area contributed by atoms with Crippen molar-refractivity contribution in [1.29, 1.82) is 0 Å². The summed E-state index contributed by atoms with van der Waals surface area (Å²) in [6.07, 6.45) is 4.45. The predicted molar refractivity (Wildman–Crippen MR) is 86.1 cm³/mol. The van der Waals surface area contributed by atoms with E-state index >= 15 is 0 Å². The highest BCUT2D eigenvalue weighted by molar-refractivity contribution is 7.99. The molecule has 0 aliphatic rings. The van der Waals surface area contributed by atoms with Gasteiger partial charge in [0.2, 0.25) is 5.92 Å². The van der Waals surface area contributed by atoms with Gasteiger partial charge in [-0.15, -0.1) is 0 Å². The Balaban J connectivity index is 3.58. The van der Waals surface area contributed by atoms with Gasteiger partial charge in [-0.25, -0.2) is 8.78 Å². The predicted octanol–water partition coefficient (Wildman–Crippen LogP) is 5.45. The Morgan fingerprint density at radius 3 is 2.48 bits per heavy atom. The van der Waals surface area contributed by atoms with Gasteiger partial charge >= 0.3 is 5.97 Å². The summed E-state index contributed by atoms with van der Waals surface area (Å²) in [6, 6.07) is 0. The first-order valence-electron chi connectivity index (χ1n) is 8.06. The van der Waals surface area contributed by atoms with E-state index in [1.54, 1.807) is 18.7 Å². The Hall–Kier alpha value is -0.320. The van der Waals surface area contributed by atoms with E-state index in [1.807, 2.05) is 6.92 Å². The normalized spacial score (nSPS) is 13.2. The Kier molecular flexibility index (Phi) is 12.1. The van der Waals surface area contributed by atoms with E-state index in [0.717, 1.165) is 19.3 Å². The zero-order valence-electron chi connectivity index (χ0n) is 13.6. The summed E-state index contributed by atoms with van der Waals surface area (Å²) in [6.45, 7) is 6.21. The summed E-state index contributed by atoms with van der Waals surface area (Å²) in [5.74, 6) is -1.98. The van der Waals surface area contributed by atoms with Gasteiger partial charge in [-0.2, -0.15) is 11.8 Å². The maximum absolute atomic E-state index is 13.3. The second-order valence-electron chi connectivity index (χ2n) is 5.53. The van der Waals surface area contributed by atoms with Crippen molar-refractivity contribution in [3.63, 3.8) is 0 Å². The number of ether oxygens (including phenoxy) is 1. The Labute approximate surface area is 132 Å². The molecule has 0 aromatic heterocycles. The number of unbranched alkanes of at least 4 members (excludes halogenated alkanes) is 2. The Morgan fingerprint density at radius 2 is 1.86 bits per heavy atom. The van der Waals surface area contributed by atoms with E-state index in [9.17, 15) is 13.6 Å². The number of hydrogen-bond donors (Lipinski definition) is 0. The molecule has 1 atom stereocenters. The summed E-state index contributed by atoms with van der Waals surface area (Å²) >= 11 is 1.59. The second kappa shape index (κ2) is 12.2. The third kappa shape index (κ3) is 13.1. The molecule has 0 aliphatic carbocycles. The van der Waals surface area contributed by atoms with Crippen LogP contribution in [0.5, 0.6) is 0 Å². The molecule has 0 spiro atoms. The van der Waals surface area contributed by atoms with E-state index in [1.165, 1.54) is 0 Å². The van der Waals surface area contributed by atoms with Crippen molar-refractivity contribution in [3.8, 4) is 0 Å². The van der Waals surface area contributed by atoms with Gasteiger partial charge in [0.25, 0.3) is 0 Å². The molecule has 0 bridgehead atoms. The van der Waals surface area contributed by atoms with Crippen molar-refractivity contribution in [1.82, 2.24) is 0 Å². The van der Waals surface area contributed by atoms with Crippen molar-refractivity contribution >= 4 is 17.7 Å². The van der Waals surface area contributed by atoms with Crippen LogP contribution in [-0.2, 0) is 9.53 Å². The zero-order valence-corrected chi connectivity index (χ0v) is 14.4. The molecule has 0 fully saturated rings. The van der Waals surface area contributed by atoms with E-state index in [2.05, 4.69) is 6.92 Å². The molecule has 0 aromatic carbocycles. The standard InChI is InChI=1S/C16H30F2O2S/c1-4-6-7-9-15(19)20-13-14(3)21-12-8-11-16(17,18)10-5-2/h14H,4-13H2,1-3H3. The molecule has 0 aliphatic heterocycles. The van der Waals surface area contributed by atoms with Crippen LogP contribution in [0.3, 0.4) is 0 Å². The van der Waals surface area contributed by atoms with Crippen molar-refractivity contribution in [3.05, 3.63) is 0 Å². The maximum Gasteiger partial charge on any atom is 0.305 e. The van der Waals surface area contributed by atoms with E-state index < -0.39 is 5.92 Å². The SMILES string of the molecule is CCCCCC(=O)OCC(C)SCCCC(F)(F)CCC. The third-order valence-electron chi connectivity index (χ3n) is 3.17. The van der Waals surface area contributed by atoms with Crippen LogP contribution >= 0.6 is 11.8 Å². The highest BCUT2D eigenvalue weighted by Crippen LogP contribution is 2.27. The van der Waals surface area contributed by atoms with Gasteiger partial charge in [-0.05, 0) is 25.5 Å². The van der Waals surface area contributed by atoms with Gasteiger partial charge in [0.15, 0.2) is 0 Å². The average Bonchev–Trinajstić information content (AvgIpc) is 2.41. The van der Waals surface area contributed by atoms with Crippen molar-refractivity contribution in [2.75, 3.05) is 12.4 Å². The number of carbonyl (C=O) groups is 1. The molecule has 0 heterocycles. The molecule has 0 radical (unpaired) electrons. The first-order valence-corrected chi connectivity index (χ1v) is 9.11. The van der Waals surface area contributed by atoms with Crippen LogP contribution in [0.25, 0.3) is 0 Å². The smallest absolute Gasteiger partial charge is 0.305 e. The van der Waals surface area contributed by atoms with Crippen LogP contribution in [-0.4, -0.2) is 29.5 Å². The fourth-order valence-electron chi connectivity index (χ4n) is 1.96. The molecule has 5 heteroatoms. The second-order valence-corrected chi connectivity index (χ2v) is 7.08. The average molecular weight is 324 g/mol. The van der Waals surface area contributed by atoms with Gasteiger partial charge in [-0.1, -0.05) is 33.1 Å². The number of thioether (sulfide) groups is 1. The van der Waals surface area contributed by atoms with Crippen molar-refractivity contribution in [2.45, 2.75) is 83.3 Å². The topological polar surface area (TPSA) is 26.3 Å². The lowest BCUT2D eigenvalue weighted by Gasteiger charge is -2.16. The highest BCUT2D eigenvalue weighted by atomic mass is 32.2. The number of rotatable bonds is 13. The van der Waals surface area contributed by atoms with Gasteiger partial charge in [0.05, 0.1) is 0 Å². The lowest BCUT2D eigenvalue weighted by molar-refractivity contribution is -0.143. The molecule has 2 nitrogen and oxygen atoms in total. The first-order chi connectivity index (χ1) is 9.91. The summed E-state index contributed by atoms with van der Waals surface area (Å²) in [4.78, 5) is 11.4. The number of carbonyl (C=O) groups excluding carboxylic acids is 1. The van der Waals surface area contributed by atoms with Gasteiger partial charge in [0, 0.05) is 24.5 Å². The van der Waals surface area contributed by atoms with Crippen molar-refractivity contribution in [2.24, 2.45) is 0 Å². The fourth-order valence-corrected chi connectivity index (χ4v) is 2.83. The van der Waals surface area contributed by atoms with Gasteiger partial charge in [0.1, 0.15) is 6.61 Å². The quantitative estimate of drug-likeness (QED) is 0.333. The summed E-state index contributed by atoms with van der Waals surface area (Å²) in [5, 5.41) is 0.167. The minimum atomic E-state index is -2.52. The minimum absolute atomic E-state index is 0.0252. The Morgan fingerprint density at radius 1 is 1.14 bits per heavy atom. The van der Waals surface area contributed by atoms with Gasteiger partial charge in [-0.3, -0.25) is 4.79 Å². The number of alkyl halides is 2. The molecule has 1 unspecified atom stereocenters. The van der Waals surface area contributed by atoms with E-state index in [4.69, 9.17) is 4.74 Å². The van der Waals surface area contributed by atoms with E-state index in [-0.39, 0.29) is 24.1 Å². The summed E-state index contributed by atoms with van der Waals surface area (Å²) in [7, 11) is 0. The van der Waals surface area contributed by atoms with Crippen LogP contribution in [0.15, 0.2) is 0 Å². The molecule has 126 valence electrons. The molecule has 0 N–H and O–H groups in total. The lowest BCUT2D eigenvalue weighted by Crippen LogP contribution is -2.16. The molecule has 0 aromatic rings. The third-order valence-corrected chi connectivity index (χ3v) is 4.40.